The number of aromatic nitrogens is 6. The molecule has 162 valence electrons. The Kier molecular flexibility index (Phi) is 4.65. The summed E-state index contributed by atoms with van der Waals surface area (Å²) in [6, 6.07) is 6.32. The molecule has 8 nitrogen and oxygen atoms in total. The Hall–Kier alpha value is -3.30. The van der Waals surface area contributed by atoms with E-state index >= 15 is 0 Å². The molecule has 0 unspecified atom stereocenters. The molecule has 1 aliphatic rings. The number of anilines is 1. The Balaban J connectivity index is 1.63. The number of thiophene rings is 1. The van der Waals surface area contributed by atoms with Crippen LogP contribution in [0.3, 0.4) is 0 Å². The van der Waals surface area contributed by atoms with Gasteiger partial charge in [0.15, 0.2) is 11.6 Å². The molecule has 6 rings (SSSR count). The molecular formula is C23H23N7OS. The van der Waals surface area contributed by atoms with Crippen molar-refractivity contribution in [1.29, 1.82) is 0 Å². The summed E-state index contributed by atoms with van der Waals surface area (Å²) >= 11 is 1.70. The van der Waals surface area contributed by atoms with Crippen molar-refractivity contribution in [3.05, 3.63) is 42.2 Å². The molecule has 1 aliphatic heterocycles. The Morgan fingerprint density at radius 3 is 3.00 bits per heavy atom. The van der Waals surface area contributed by atoms with Crippen LogP contribution in [0, 0.1) is 0 Å². The summed E-state index contributed by atoms with van der Waals surface area (Å²) in [5.41, 5.74) is 4.94. The standard InChI is InChI=1S/C23H23N7OS/c1-3-30-18(6-9-26-30)17-13-32-20-19(17)27-22(16-5-8-25-21-15(16)4-7-24-21)28-23(20)29-10-11-31-12-14(29)2/h4-9,13-14H,3,10-12H2,1-2H3,(H,24,25)/t14-/m1/s1. The highest BCUT2D eigenvalue weighted by Gasteiger charge is 2.26. The Morgan fingerprint density at radius 2 is 2.12 bits per heavy atom. The Morgan fingerprint density at radius 1 is 1.19 bits per heavy atom. The van der Waals surface area contributed by atoms with Gasteiger partial charge in [-0.1, -0.05) is 0 Å². The van der Waals surface area contributed by atoms with Crippen molar-refractivity contribution in [3.8, 4) is 22.6 Å². The second-order valence-electron chi connectivity index (χ2n) is 7.95. The zero-order chi connectivity index (χ0) is 21.7. The van der Waals surface area contributed by atoms with Crippen molar-refractivity contribution in [3.63, 3.8) is 0 Å². The van der Waals surface area contributed by atoms with E-state index in [0.717, 1.165) is 57.0 Å². The van der Waals surface area contributed by atoms with Gasteiger partial charge in [-0.3, -0.25) is 4.68 Å². The van der Waals surface area contributed by atoms with E-state index in [9.17, 15) is 0 Å². The number of hydrogen-bond acceptors (Lipinski definition) is 7. The zero-order valence-electron chi connectivity index (χ0n) is 17.9. The highest BCUT2D eigenvalue weighted by atomic mass is 32.1. The predicted molar refractivity (Wildman–Crippen MR) is 127 cm³/mol. The van der Waals surface area contributed by atoms with Crippen LogP contribution in [0.4, 0.5) is 5.82 Å². The number of pyridine rings is 1. The lowest BCUT2D eigenvalue weighted by Crippen LogP contribution is -2.44. The molecule has 1 N–H and O–H groups in total. The molecule has 0 amide bonds. The fraction of sp³-hybridized carbons (Fsp3) is 0.304. The molecule has 0 aromatic carbocycles. The summed E-state index contributed by atoms with van der Waals surface area (Å²) in [6.07, 6.45) is 5.56. The summed E-state index contributed by atoms with van der Waals surface area (Å²) in [5, 5.41) is 7.67. The van der Waals surface area contributed by atoms with Gasteiger partial charge in [-0.05, 0) is 32.0 Å². The van der Waals surface area contributed by atoms with Crippen LogP contribution in [-0.4, -0.2) is 55.5 Å². The van der Waals surface area contributed by atoms with E-state index in [-0.39, 0.29) is 6.04 Å². The number of aryl methyl sites for hydroxylation is 1. The predicted octanol–water partition coefficient (Wildman–Crippen LogP) is 4.34. The lowest BCUT2D eigenvalue weighted by Gasteiger charge is -2.34. The summed E-state index contributed by atoms with van der Waals surface area (Å²) in [5.74, 6) is 1.68. The van der Waals surface area contributed by atoms with Gasteiger partial charge in [0.2, 0.25) is 0 Å². The topological polar surface area (TPSA) is 84.8 Å². The number of H-pyrrole nitrogens is 1. The fourth-order valence-corrected chi connectivity index (χ4v) is 5.41. The van der Waals surface area contributed by atoms with Crippen molar-refractivity contribution >= 4 is 38.4 Å². The summed E-state index contributed by atoms with van der Waals surface area (Å²) in [4.78, 5) is 20.2. The smallest absolute Gasteiger partial charge is 0.163 e. The molecule has 0 spiro atoms. The number of aromatic amines is 1. The minimum Gasteiger partial charge on any atom is -0.377 e. The van der Waals surface area contributed by atoms with Gasteiger partial charge >= 0.3 is 0 Å². The molecule has 5 aromatic rings. The summed E-state index contributed by atoms with van der Waals surface area (Å²) in [6.45, 7) is 7.29. The van der Waals surface area contributed by atoms with Gasteiger partial charge in [-0.15, -0.1) is 11.3 Å². The SMILES string of the molecule is CCn1nccc1-c1csc2c(N3CCOC[C@H]3C)nc(-c3ccnc4[nH]ccc34)nc12. The summed E-state index contributed by atoms with van der Waals surface area (Å²) < 4.78 is 8.81. The largest absolute Gasteiger partial charge is 0.377 e. The molecule has 32 heavy (non-hydrogen) atoms. The van der Waals surface area contributed by atoms with Gasteiger partial charge in [0.1, 0.15) is 5.65 Å². The number of rotatable bonds is 4. The molecule has 1 saturated heterocycles. The number of nitrogens with zero attached hydrogens (tertiary/aromatic N) is 6. The first kappa shape index (κ1) is 19.4. The van der Waals surface area contributed by atoms with Crippen LogP contribution in [0.1, 0.15) is 13.8 Å². The van der Waals surface area contributed by atoms with Crippen LogP contribution in [0.2, 0.25) is 0 Å². The molecule has 9 heteroatoms. The zero-order valence-corrected chi connectivity index (χ0v) is 18.8. The van der Waals surface area contributed by atoms with Gasteiger partial charge in [0, 0.05) is 53.6 Å². The maximum atomic E-state index is 5.70. The van der Waals surface area contributed by atoms with E-state index in [1.54, 1.807) is 17.5 Å². The van der Waals surface area contributed by atoms with E-state index < -0.39 is 0 Å². The van der Waals surface area contributed by atoms with Crippen molar-refractivity contribution in [2.45, 2.75) is 26.4 Å². The first-order valence-electron chi connectivity index (χ1n) is 10.8. The van der Waals surface area contributed by atoms with Gasteiger partial charge in [0.05, 0.1) is 35.2 Å². The van der Waals surface area contributed by atoms with E-state index in [2.05, 4.69) is 45.3 Å². The lowest BCUT2D eigenvalue weighted by molar-refractivity contribution is 0.0987. The van der Waals surface area contributed by atoms with Gasteiger partial charge in [-0.2, -0.15) is 5.10 Å². The highest BCUT2D eigenvalue weighted by molar-refractivity contribution is 7.18. The quantitative estimate of drug-likeness (QED) is 0.443. The average Bonchev–Trinajstić information content (AvgIpc) is 3.56. The minimum absolute atomic E-state index is 0.242. The Labute approximate surface area is 188 Å². The molecule has 0 saturated carbocycles. The number of ether oxygens (including phenoxy) is 1. The highest BCUT2D eigenvalue weighted by Crippen LogP contribution is 2.40. The van der Waals surface area contributed by atoms with Crippen molar-refractivity contribution in [2.24, 2.45) is 0 Å². The first-order valence-corrected chi connectivity index (χ1v) is 11.7. The second kappa shape index (κ2) is 7.68. The molecule has 0 radical (unpaired) electrons. The molecule has 1 fully saturated rings. The van der Waals surface area contributed by atoms with Crippen LogP contribution in [0.5, 0.6) is 0 Å². The van der Waals surface area contributed by atoms with E-state index in [0.29, 0.717) is 19.0 Å². The normalized spacial score (nSPS) is 16.9. The van der Waals surface area contributed by atoms with E-state index in [1.807, 2.05) is 29.2 Å². The number of fused-ring (bicyclic) bond motifs is 2. The first-order chi connectivity index (χ1) is 15.7. The van der Waals surface area contributed by atoms with Gasteiger partial charge in [-0.25, -0.2) is 15.0 Å². The number of nitrogens with one attached hydrogen (secondary N) is 1. The van der Waals surface area contributed by atoms with Gasteiger partial charge < -0.3 is 14.6 Å². The minimum atomic E-state index is 0.242. The Bertz CT molecular complexity index is 1420. The van der Waals surface area contributed by atoms with Crippen molar-refractivity contribution in [1.82, 2.24) is 29.7 Å². The third-order valence-electron chi connectivity index (χ3n) is 6.03. The average molecular weight is 446 g/mol. The lowest BCUT2D eigenvalue weighted by atomic mass is 10.1. The number of morpholine rings is 1. The summed E-state index contributed by atoms with van der Waals surface area (Å²) in [7, 11) is 0. The monoisotopic (exact) mass is 445 g/mol. The number of hydrogen-bond donors (Lipinski definition) is 1. The van der Waals surface area contributed by atoms with Crippen LogP contribution in [-0.2, 0) is 11.3 Å². The maximum absolute atomic E-state index is 5.70. The fourth-order valence-electron chi connectivity index (χ4n) is 4.41. The van der Waals surface area contributed by atoms with E-state index in [1.165, 1.54) is 0 Å². The van der Waals surface area contributed by atoms with Crippen molar-refractivity contribution in [2.75, 3.05) is 24.7 Å². The molecule has 0 bridgehead atoms. The molecule has 6 heterocycles. The molecular weight excluding hydrogens is 422 g/mol. The maximum Gasteiger partial charge on any atom is 0.163 e. The third kappa shape index (κ3) is 3.00. The van der Waals surface area contributed by atoms with E-state index in [4.69, 9.17) is 14.7 Å². The molecule has 1 atom stereocenters. The van der Waals surface area contributed by atoms with Crippen LogP contribution in [0.25, 0.3) is 43.9 Å². The third-order valence-corrected chi connectivity index (χ3v) is 7.00. The second-order valence-corrected chi connectivity index (χ2v) is 8.83. The van der Waals surface area contributed by atoms with Crippen LogP contribution < -0.4 is 4.90 Å². The molecule has 0 aliphatic carbocycles. The van der Waals surface area contributed by atoms with Crippen LogP contribution in [0.15, 0.2) is 42.2 Å². The molecule has 5 aromatic heterocycles. The van der Waals surface area contributed by atoms with Gasteiger partial charge in [0.25, 0.3) is 0 Å². The van der Waals surface area contributed by atoms with Crippen LogP contribution >= 0.6 is 11.3 Å². The van der Waals surface area contributed by atoms with Crippen molar-refractivity contribution < 1.29 is 4.74 Å².